The van der Waals surface area contributed by atoms with Gasteiger partial charge in [0.2, 0.25) is 16.1 Å². The number of hydrogen-bond donors (Lipinski definition) is 0. The minimum Gasteiger partial charge on any atom is -0.211 e. The highest BCUT2D eigenvalue weighted by Crippen LogP contribution is 2.27. The van der Waals surface area contributed by atoms with E-state index in [4.69, 9.17) is 5.26 Å². The minimum atomic E-state index is -3.72. The third-order valence-electron chi connectivity index (χ3n) is 2.98. The SMILES string of the molecule is CC1CCCN(S(=O)(=O)C(C)C#N)C1N=C=O. The normalized spacial score (nSPS) is 27.8. The Kier molecular flexibility index (Phi) is 4.40. The molecule has 1 rings (SSSR count). The lowest BCUT2D eigenvalue weighted by atomic mass is 9.98. The zero-order chi connectivity index (χ0) is 13.1. The molecule has 1 fully saturated rings. The molecule has 0 aliphatic carbocycles. The first kappa shape index (κ1) is 13.8. The molecule has 6 nitrogen and oxygen atoms in total. The fourth-order valence-electron chi connectivity index (χ4n) is 1.93. The first-order valence-corrected chi connectivity index (χ1v) is 6.92. The predicted molar refractivity (Wildman–Crippen MR) is 61.0 cm³/mol. The maximum absolute atomic E-state index is 12.1. The van der Waals surface area contributed by atoms with E-state index in [1.54, 1.807) is 6.07 Å². The Morgan fingerprint density at radius 1 is 1.53 bits per heavy atom. The van der Waals surface area contributed by atoms with Gasteiger partial charge in [-0.3, -0.25) is 0 Å². The number of piperidine rings is 1. The molecule has 3 atom stereocenters. The van der Waals surface area contributed by atoms with Crippen molar-refractivity contribution >= 4 is 16.1 Å². The number of isocyanates is 1. The summed E-state index contributed by atoms with van der Waals surface area (Å²) in [7, 11) is -3.72. The first-order chi connectivity index (χ1) is 7.95. The van der Waals surface area contributed by atoms with E-state index in [2.05, 4.69) is 4.99 Å². The van der Waals surface area contributed by atoms with E-state index in [-0.39, 0.29) is 5.92 Å². The van der Waals surface area contributed by atoms with Gasteiger partial charge in [0.25, 0.3) is 0 Å². The summed E-state index contributed by atoms with van der Waals surface area (Å²) in [5.41, 5.74) is 0. The molecular weight excluding hydrogens is 242 g/mol. The molecule has 0 aromatic carbocycles. The second kappa shape index (κ2) is 5.41. The number of carbonyl (C=O) groups excluding carboxylic acids is 1. The molecule has 1 heterocycles. The number of nitriles is 1. The molecule has 94 valence electrons. The fraction of sp³-hybridized carbons (Fsp3) is 0.800. The Balaban J connectivity index is 3.10. The third kappa shape index (κ3) is 2.72. The van der Waals surface area contributed by atoms with Gasteiger partial charge in [-0.25, -0.2) is 13.2 Å². The van der Waals surface area contributed by atoms with Gasteiger partial charge in [0.15, 0.2) is 5.25 Å². The van der Waals surface area contributed by atoms with E-state index in [0.29, 0.717) is 13.0 Å². The van der Waals surface area contributed by atoms with Crippen LogP contribution in [0.4, 0.5) is 0 Å². The highest BCUT2D eigenvalue weighted by atomic mass is 32.2. The van der Waals surface area contributed by atoms with E-state index in [0.717, 1.165) is 10.7 Å². The monoisotopic (exact) mass is 257 g/mol. The van der Waals surface area contributed by atoms with Crippen molar-refractivity contribution in [2.75, 3.05) is 6.54 Å². The van der Waals surface area contributed by atoms with Gasteiger partial charge in [-0.1, -0.05) is 6.92 Å². The summed E-state index contributed by atoms with van der Waals surface area (Å²) in [4.78, 5) is 13.9. The molecule has 1 aliphatic rings. The van der Waals surface area contributed by atoms with Crippen LogP contribution in [-0.4, -0.2) is 36.8 Å². The van der Waals surface area contributed by atoms with Gasteiger partial charge < -0.3 is 0 Å². The molecular formula is C10H15N3O3S. The lowest BCUT2D eigenvalue weighted by molar-refractivity contribution is 0.193. The summed E-state index contributed by atoms with van der Waals surface area (Å²) < 4.78 is 25.3. The van der Waals surface area contributed by atoms with Gasteiger partial charge in [0.1, 0.15) is 6.17 Å². The van der Waals surface area contributed by atoms with Crippen molar-refractivity contribution in [3.05, 3.63) is 0 Å². The topological polar surface area (TPSA) is 90.6 Å². The molecule has 1 saturated heterocycles. The van der Waals surface area contributed by atoms with Crippen LogP contribution in [0.25, 0.3) is 0 Å². The van der Waals surface area contributed by atoms with Crippen molar-refractivity contribution < 1.29 is 13.2 Å². The molecule has 0 aromatic heterocycles. The van der Waals surface area contributed by atoms with Crippen LogP contribution in [0, 0.1) is 17.2 Å². The van der Waals surface area contributed by atoms with Crippen LogP contribution < -0.4 is 0 Å². The van der Waals surface area contributed by atoms with Crippen molar-refractivity contribution in [2.45, 2.75) is 38.1 Å². The Morgan fingerprint density at radius 2 is 2.18 bits per heavy atom. The van der Waals surface area contributed by atoms with Crippen LogP contribution >= 0.6 is 0 Å². The molecule has 0 aromatic rings. The summed E-state index contributed by atoms with van der Waals surface area (Å²) in [6.45, 7) is 3.47. The van der Waals surface area contributed by atoms with Crippen LogP contribution in [0.3, 0.4) is 0 Å². The molecule has 0 N–H and O–H groups in total. The van der Waals surface area contributed by atoms with Crippen molar-refractivity contribution in [2.24, 2.45) is 10.9 Å². The summed E-state index contributed by atoms with van der Waals surface area (Å²) in [6, 6.07) is 1.71. The van der Waals surface area contributed by atoms with Crippen LogP contribution in [-0.2, 0) is 14.8 Å². The molecule has 0 bridgehead atoms. The summed E-state index contributed by atoms with van der Waals surface area (Å²) in [5, 5.41) is 7.59. The zero-order valence-electron chi connectivity index (χ0n) is 9.83. The molecule has 0 saturated carbocycles. The molecule has 17 heavy (non-hydrogen) atoms. The summed E-state index contributed by atoms with van der Waals surface area (Å²) in [6.07, 6.45) is 2.21. The van der Waals surface area contributed by atoms with Crippen LogP contribution in [0.15, 0.2) is 4.99 Å². The van der Waals surface area contributed by atoms with E-state index in [1.807, 2.05) is 6.92 Å². The molecule has 3 unspecified atom stereocenters. The Bertz CT molecular complexity index is 462. The van der Waals surface area contributed by atoms with E-state index >= 15 is 0 Å². The lowest BCUT2D eigenvalue weighted by Gasteiger charge is -2.35. The molecule has 0 spiro atoms. The van der Waals surface area contributed by atoms with E-state index in [1.165, 1.54) is 13.0 Å². The van der Waals surface area contributed by atoms with Crippen LogP contribution in [0.1, 0.15) is 26.7 Å². The Hall–Kier alpha value is -1.22. The number of rotatable bonds is 3. The number of sulfonamides is 1. The third-order valence-corrected chi connectivity index (χ3v) is 5.03. The highest BCUT2D eigenvalue weighted by molar-refractivity contribution is 7.90. The van der Waals surface area contributed by atoms with Gasteiger partial charge in [-0.05, 0) is 25.7 Å². The maximum Gasteiger partial charge on any atom is 0.236 e. The molecule has 1 aliphatic heterocycles. The second-order valence-corrected chi connectivity index (χ2v) is 6.39. The molecule has 7 heteroatoms. The summed E-state index contributed by atoms with van der Waals surface area (Å²) >= 11 is 0. The van der Waals surface area contributed by atoms with Gasteiger partial charge in [0.05, 0.1) is 6.07 Å². The molecule has 0 amide bonds. The largest absolute Gasteiger partial charge is 0.236 e. The number of hydrogen-bond acceptors (Lipinski definition) is 5. The van der Waals surface area contributed by atoms with Gasteiger partial charge in [-0.2, -0.15) is 14.6 Å². The van der Waals surface area contributed by atoms with Crippen molar-refractivity contribution in [3.8, 4) is 6.07 Å². The van der Waals surface area contributed by atoms with E-state index in [9.17, 15) is 13.2 Å². The van der Waals surface area contributed by atoms with Crippen LogP contribution in [0.2, 0.25) is 0 Å². The van der Waals surface area contributed by atoms with Gasteiger partial charge in [0, 0.05) is 6.54 Å². The average Bonchev–Trinajstić information content (AvgIpc) is 2.30. The maximum atomic E-state index is 12.1. The van der Waals surface area contributed by atoms with Crippen molar-refractivity contribution in [1.82, 2.24) is 4.31 Å². The van der Waals surface area contributed by atoms with Gasteiger partial charge >= 0.3 is 0 Å². The Morgan fingerprint density at radius 3 is 2.71 bits per heavy atom. The lowest BCUT2D eigenvalue weighted by Crippen LogP contribution is -2.49. The second-order valence-electron chi connectivity index (χ2n) is 4.18. The summed E-state index contributed by atoms with van der Waals surface area (Å²) in [5.74, 6) is -0.0362. The number of nitrogens with zero attached hydrogens (tertiary/aromatic N) is 3. The van der Waals surface area contributed by atoms with Crippen molar-refractivity contribution in [1.29, 1.82) is 5.26 Å². The van der Waals surface area contributed by atoms with E-state index < -0.39 is 21.4 Å². The van der Waals surface area contributed by atoms with Crippen molar-refractivity contribution in [3.63, 3.8) is 0 Å². The first-order valence-electron chi connectivity index (χ1n) is 5.42. The van der Waals surface area contributed by atoms with Gasteiger partial charge in [-0.15, -0.1) is 0 Å². The van der Waals surface area contributed by atoms with Crippen LogP contribution in [0.5, 0.6) is 0 Å². The highest BCUT2D eigenvalue weighted by Gasteiger charge is 2.39. The molecule has 0 radical (unpaired) electrons. The Labute approximate surface area is 101 Å². The standard InChI is InChI=1S/C10H15N3O3S/c1-8-4-3-5-13(10(8)12-7-14)17(15,16)9(2)6-11/h8-10H,3-5H2,1-2H3. The minimum absolute atomic E-state index is 0.0362. The number of aliphatic imine (C=N–C) groups is 1. The quantitative estimate of drug-likeness (QED) is 0.547. The smallest absolute Gasteiger partial charge is 0.211 e. The zero-order valence-corrected chi connectivity index (χ0v) is 10.6. The predicted octanol–water partition coefficient (Wildman–Crippen LogP) is 0.622. The fourth-order valence-corrected chi connectivity index (χ4v) is 3.41. The average molecular weight is 257 g/mol.